The van der Waals surface area contributed by atoms with Gasteiger partial charge in [0.05, 0.1) is 22.8 Å². The molecule has 122 valence electrons. The van der Waals surface area contributed by atoms with E-state index >= 15 is 0 Å². The molecule has 0 aliphatic heterocycles. The first-order valence-corrected chi connectivity index (χ1v) is 7.83. The highest BCUT2D eigenvalue weighted by atomic mass is 35.5. The lowest BCUT2D eigenvalue weighted by molar-refractivity contribution is 0.0997. The van der Waals surface area contributed by atoms with E-state index in [0.29, 0.717) is 27.2 Å². The number of rotatable bonds is 4. The zero-order chi connectivity index (χ0) is 17.1. The van der Waals surface area contributed by atoms with Gasteiger partial charge < -0.3 is 14.5 Å². The molecule has 3 rings (SSSR count). The Hall–Kier alpha value is -2.43. The Kier molecular flexibility index (Phi) is 4.79. The standard InChI is InChI=1S/C18H13Cl2NO3/c1-23-16-7-6-11(10-13(16)20)15-8-9-17(24-15)18(22)21-14-5-3-2-4-12(14)19/h2-10H,1H3,(H,21,22). The van der Waals surface area contributed by atoms with Crippen LogP contribution in [0.2, 0.25) is 10.0 Å². The van der Waals surface area contributed by atoms with Crippen LogP contribution in [0.3, 0.4) is 0 Å². The Balaban J connectivity index is 1.81. The van der Waals surface area contributed by atoms with Crippen LogP contribution in [0.5, 0.6) is 5.75 Å². The number of methoxy groups -OCH3 is 1. The quantitative estimate of drug-likeness (QED) is 0.665. The molecule has 24 heavy (non-hydrogen) atoms. The lowest BCUT2D eigenvalue weighted by Gasteiger charge is -2.05. The van der Waals surface area contributed by atoms with Gasteiger partial charge in [-0.25, -0.2) is 0 Å². The maximum absolute atomic E-state index is 12.3. The molecule has 0 bridgehead atoms. The number of ether oxygens (including phenoxy) is 1. The van der Waals surface area contributed by atoms with Crippen molar-refractivity contribution in [3.05, 3.63) is 70.4 Å². The smallest absolute Gasteiger partial charge is 0.291 e. The fourth-order valence-electron chi connectivity index (χ4n) is 2.18. The largest absolute Gasteiger partial charge is 0.495 e. The molecule has 0 unspecified atom stereocenters. The predicted molar refractivity (Wildman–Crippen MR) is 95.1 cm³/mol. The molecule has 2 aromatic carbocycles. The van der Waals surface area contributed by atoms with Crippen LogP contribution in [0.4, 0.5) is 5.69 Å². The number of halogens is 2. The molecule has 1 N–H and O–H groups in total. The van der Waals surface area contributed by atoms with Gasteiger partial charge in [-0.3, -0.25) is 4.79 Å². The zero-order valence-corrected chi connectivity index (χ0v) is 14.2. The van der Waals surface area contributed by atoms with Crippen LogP contribution in [0.25, 0.3) is 11.3 Å². The minimum Gasteiger partial charge on any atom is -0.495 e. The summed E-state index contributed by atoms with van der Waals surface area (Å²) in [5.41, 5.74) is 1.27. The van der Waals surface area contributed by atoms with Crippen molar-refractivity contribution in [2.24, 2.45) is 0 Å². The Morgan fingerprint density at radius 2 is 1.83 bits per heavy atom. The number of hydrogen-bond acceptors (Lipinski definition) is 3. The van der Waals surface area contributed by atoms with Gasteiger partial charge in [-0.2, -0.15) is 0 Å². The Bertz CT molecular complexity index is 889. The van der Waals surface area contributed by atoms with Gasteiger partial charge >= 0.3 is 0 Å². The van der Waals surface area contributed by atoms with Gasteiger partial charge in [-0.15, -0.1) is 0 Å². The molecule has 6 heteroatoms. The molecule has 1 aromatic heterocycles. The van der Waals surface area contributed by atoms with Crippen molar-refractivity contribution < 1.29 is 13.9 Å². The summed E-state index contributed by atoms with van der Waals surface area (Å²) in [4.78, 5) is 12.3. The molecule has 0 aliphatic carbocycles. The number of carbonyl (C=O) groups is 1. The van der Waals surface area contributed by atoms with E-state index in [2.05, 4.69) is 5.32 Å². The molecule has 0 aliphatic rings. The monoisotopic (exact) mass is 361 g/mol. The maximum Gasteiger partial charge on any atom is 0.291 e. The van der Waals surface area contributed by atoms with Gasteiger partial charge in [0.15, 0.2) is 5.76 Å². The van der Waals surface area contributed by atoms with Crippen molar-refractivity contribution in [1.29, 1.82) is 0 Å². The van der Waals surface area contributed by atoms with Crippen LogP contribution >= 0.6 is 23.2 Å². The molecule has 0 spiro atoms. The number of carbonyl (C=O) groups excluding carboxylic acids is 1. The Morgan fingerprint density at radius 3 is 2.54 bits per heavy atom. The van der Waals surface area contributed by atoms with Crippen LogP contribution in [0.1, 0.15) is 10.6 Å². The molecular formula is C18H13Cl2NO3. The first-order chi connectivity index (χ1) is 11.6. The van der Waals surface area contributed by atoms with E-state index in [-0.39, 0.29) is 11.7 Å². The third-order valence-corrected chi connectivity index (χ3v) is 4.01. The van der Waals surface area contributed by atoms with E-state index in [9.17, 15) is 4.79 Å². The number of furan rings is 1. The van der Waals surface area contributed by atoms with Gasteiger partial charge in [0.25, 0.3) is 5.91 Å². The van der Waals surface area contributed by atoms with Crippen LogP contribution in [-0.4, -0.2) is 13.0 Å². The third-order valence-electron chi connectivity index (χ3n) is 3.39. The average Bonchev–Trinajstić information content (AvgIpc) is 3.07. The van der Waals surface area contributed by atoms with E-state index in [0.717, 1.165) is 5.56 Å². The summed E-state index contributed by atoms with van der Waals surface area (Å²) < 4.78 is 10.7. The van der Waals surface area contributed by atoms with E-state index in [4.69, 9.17) is 32.4 Å². The lowest BCUT2D eigenvalue weighted by Crippen LogP contribution is -2.11. The number of anilines is 1. The van der Waals surface area contributed by atoms with E-state index in [1.807, 2.05) is 0 Å². The van der Waals surface area contributed by atoms with E-state index in [1.165, 1.54) is 0 Å². The van der Waals surface area contributed by atoms with E-state index < -0.39 is 0 Å². The van der Waals surface area contributed by atoms with Crippen molar-refractivity contribution in [3.63, 3.8) is 0 Å². The minimum atomic E-state index is -0.381. The highest BCUT2D eigenvalue weighted by Gasteiger charge is 2.14. The van der Waals surface area contributed by atoms with Gasteiger partial charge in [0.1, 0.15) is 11.5 Å². The average molecular weight is 362 g/mol. The second-order valence-electron chi connectivity index (χ2n) is 4.95. The van der Waals surface area contributed by atoms with Crippen LogP contribution in [-0.2, 0) is 0 Å². The van der Waals surface area contributed by atoms with Crippen LogP contribution < -0.4 is 10.1 Å². The van der Waals surface area contributed by atoms with Gasteiger partial charge in [0, 0.05) is 5.56 Å². The first kappa shape index (κ1) is 16.4. The predicted octanol–water partition coefficient (Wildman–Crippen LogP) is 5.51. The fourth-order valence-corrected chi connectivity index (χ4v) is 2.62. The molecule has 1 amide bonds. The molecule has 3 aromatic rings. The molecule has 0 saturated heterocycles. The maximum atomic E-state index is 12.3. The minimum absolute atomic E-state index is 0.178. The second kappa shape index (κ2) is 6.99. The Morgan fingerprint density at radius 1 is 1.04 bits per heavy atom. The molecule has 1 heterocycles. The molecule has 0 atom stereocenters. The van der Waals surface area contributed by atoms with Crippen molar-refractivity contribution >= 4 is 34.8 Å². The third kappa shape index (κ3) is 3.40. The molecule has 0 saturated carbocycles. The van der Waals surface area contributed by atoms with Crippen molar-refractivity contribution in [1.82, 2.24) is 0 Å². The Labute approximate surface area is 149 Å². The summed E-state index contributed by atoms with van der Waals surface area (Å²) >= 11 is 12.1. The highest BCUT2D eigenvalue weighted by Crippen LogP contribution is 2.31. The highest BCUT2D eigenvalue weighted by molar-refractivity contribution is 6.34. The van der Waals surface area contributed by atoms with Crippen LogP contribution in [0, 0.1) is 0 Å². The number of nitrogens with one attached hydrogen (secondary N) is 1. The van der Waals surface area contributed by atoms with Crippen molar-refractivity contribution in [3.8, 4) is 17.1 Å². The van der Waals surface area contributed by atoms with E-state index in [1.54, 1.807) is 61.7 Å². The number of amides is 1. The zero-order valence-electron chi connectivity index (χ0n) is 12.7. The van der Waals surface area contributed by atoms with Gasteiger partial charge in [-0.05, 0) is 42.5 Å². The number of hydrogen-bond donors (Lipinski definition) is 1. The van der Waals surface area contributed by atoms with Crippen LogP contribution in [0.15, 0.2) is 59.0 Å². The normalized spacial score (nSPS) is 10.5. The number of benzene rings is 2. The summed E-state index contributed by atoms with van der Waals surface area (Å²) in [6.07, 6.45) is 0. The van der Waals surface area contributed by atoms with Crippen molar-refractivity contribution in [2.45, 2.75) is 0 Å². The molecule has 4 nitrogen and oxygen atoms in total. The number of para-hydroxylation sites is 1. The molecule has 0 fully saturated rings. The fraction of sp³-hybridized carbons (Fsp3) is 0.0556. The summed E-state index contributed by atoms with van der Waals surface area (Å²) in [6.45, 7) is 0. The molecular weight excluding hydrogens is 349 g/mol. The summed E-state index contributed by atoms with van der Waals surface area (Å²) in [5, 5.41) is 3.63. The lowest BCUT2D eigenvalue weighted by atomic mass is 10.2. The summed E-state index contributed by atoms with van der Waals surface area (Å²) in [7, 11) is 1.55. The second-order valence-corrected chi connectivity index (χ2v) is 5.76. The van der Waals surface area contributed by atoms with Crippen molar-refractivity contribution in [2.75, 3.05) is 12.4 Å². The first-order valence-electron chi connectivity index (χ1n) is 7.08. The molecule has 0 radical (unpaired) electrons. The van der Waals surface area contributed by atoms with Gasteiger partial charge in [0.2, 0.25) is 0 Å². The summed E-state index contributed by atoms with van der Waals surface area (Å²) in [5.74, 6) is 0.901. The summed E-state index contributed by atoms with van der Waals surface area (Å²) in [6, 6.07) is 15.6. The van der Waals surface area contributed by atoms with Gasteiger partial charge in [-0.1, -0.05) is 35.3 Å². The SMILES string of the molecule is COc1ccc(-c2ccc(C(=O)Nc3ccccc3Cl)o2)cc1Cl. The topological polar surface area (TPSA) is 51.5 Å².